The minimum Gasteiger partial charge on any atom is -0.289 e. The quantitative estimate of drug-likeness (QED) is 0.735. The van der Waals surface area contributed by atoms with Gasteiger partial charge in [-0.1, -0.05) is 12.2 Å². The molecule has 0 saturated carbocycles. The Kier molecular flexibility index (Phi) is 5.72. The third-order valence-electron chi connectivity index (χ3n) is 6.06. The highest BCUT2D eigenvalue weighted by atomic mass is 32.2. The zero-order valence-electron chi connectivity index (χ0n) is 16.1. The van der Waals surface area contributed by atoms with Gasteiger partial charge in [-0.25, -0.2) is 22.2 Å². The predicted octanol–water partition coefficient (Wildman–Crippen LogP) is 2.29. The molecule has 2 aliphatic heterocycles. The summed E-state index contributed by atoms with van der Waals surface area (Å²) in [5.74, 6) is -1.11. The Bertz CT molecular complexity index is 922. The fraction of sp³-hybridized carbons (Fsp3) is 0.550. The lowest BCUT2D eigenvalue weighted by Crippen LogP contribution is -2.44. The topological polar surface area (TPSA) is 69.7 Å². The van der Waals surface area contributed by atoms with Gasteiger partial charge in [-0.2, -0.15) is 4.31 Å². The Morgan fingerprint density at radius 3 is 2.79 bits per heavy atom. The first-order valence-corrected chi connectivity index (χ1v) is 11.4. The van der Waals surface area contributed by atoms with Crippen molar-refractivity contribution in [3.8, 4) is 0 Å². The van der Waals surface area contributed by atoms with Crippen LogP contribution in [0, 0.1) is 29.4 Å². The van der Waals surface area contributed by atoms with Crippen LogP contribution in [-0.2, 0) is 14.8 Å². The number of nitrogens with one attached hydrogen (secondary N) is 1. The lowest BCUT2D eigenvalue weighted by molar-refractivity contribution is -0.126. The molecule has 1 amide bonds. The SMILES string of the molecule is O=C(CC1CCCN(S(=O)(=O)c2ccc(F)cc2F)C1)NN1CC2C=CCC2C1. The fourth-order valence-electron chi connectivity index (χ4n) is 4.60. The molecule has 0 bridgehead atoms. The van der Waals surface area contributed by atoms with Crippen molar-refractivity contribution in [3.63, 3.8) is 0 Å². The summed E-state index contributed by atoms with van der Waals surface area (Å²) in [4.78, 5) is 11.9. The molecule has 4 rings (SSSR count). The number of sulfonamides is 1. The van der Waals surface area contributed by atoms with Gasteiger partial charge >= 0.3 is 0 Å². The van der Waals surface area contributed by atoms with Crippen molar-refractivity contribution >= 4 is 15.9 Å². The number of halogens is 2. The predicted molar refractivity (Wildman–Crippen MR) is 103 cm³/mol. The zero-order valence-corrected chi connectivity index (χ0v) is 16.9. The molecule has 2 saturated heterocycles. The zero-order chi connectivity index (χ0) is 20.6. The average molecular weight is 426 g/mol. The Balaban J connectivity index is 1.35. The molecule has 1 aromatic carbocycles. The molecular weight excluding hydrogens is 400 g/mol. The number of nitrogens with zero attached hydrogens (tertiary/aromatic N) is 2. The molecular formula is C20H25F2N3O3S. The number of carbonyl (C=O) groups is 1. The summed E-state index contributed by atoms with van der Waals surface area (Å²) < 4.78 is 53.9. The molecule has 9 heteroatoms. The number of hydrogen-bond donors (Lipinski definition) is 1. The third-order valence-corrected chi connectivity index (χ3v) is 7.96. The van der Waals surface area contributed by atoms with Gasteiger partial charge in [-0.15, -0.1) is 0 Å². The van der Waals surface area contributed by atoms with Gasteiger partial charge in [-0.05, 0) is 49.1 Å². The lowest BCUT2D eigenvalue weighted by atomic mass is 9.96. The molecule has 3 atom stereocenters. The summed E-state index contributed by atoms with van der Waals surface area (Å²) in [5.41, 5.74) is 2.95. The minimum atomic E-state index is -4.07. The van der Waals surface area contributed by atoms with Gasteiger partial charge in [0.2, 0.25) is 15.9 Å². The number of amides is 1. The molecule has 2 fully saturated rings. The Hall–Kier alpha value is -1.84. The van der Waals surface area contributed by atoms with E-state index in [4.69, 9.17) is 0 Å². The number of hydrazine groups is 1. The van der Waals surface area contributed by atoms with E-state index in [0.29, 0.717) is 24.3 Å². The fourth-order valence-corrected chi connectivity index (χ4v) is 6.20. The van der Waals surface area contributed by atoms with Crippen molar-refractivity contribution in [3.05, 3.63) is 42.0 Å². The second-order valence-corrected chi connectivity index (χ2v) is 10.1. The molecule has 3 aliphatic rings. The van der Waals surface area contributed by atoms with Gasteiger partial charge in [0.05, 0.1) is 0 Å². The smallest absolute Gasteiger partial charge is 0.245 e. The van der Waals surface area contributed by atoms with Crippen LogP contribution in [0.1, 0.15) is 25.7 Å². The van der Waals surface area contributed by atoms with E-state index in [1.165, 1.54) is 4.31 Å². The number of allylic oxidation sites excluding steroid dienone is 1. The van der Waals surface area contributed by atoms with Crippen molar-refractivity contribution in [1.29, 1.82) is 0 Å². The summed E-state index contributed by atoms with van der Waals surface area (Å²) in [7, 11) is -4.07. The number of carbonyl (C=O) groups excluding carboxylic acids is 1. The average Bonchev–Trinajstić information content (AvgIpc) is 3.23. The van der Waals surface area contributed by atoms with Gasteiger partial charge in [0.1, 0.15) is 16.5 Å². The summed E-state index contributed by atoms with van der Waals surface area (Å²) in [5, 5.41) is 1.95. The summed E-state index contributed by atoms with van der Waals surface area (Å²) >= 11 is 0. The summed E-state index contributed by atoms with van der Waals surface area (Å²) in [6.45, 7) is 2.06. The normalized spacial score (nSPS) is 27.9. The van der Waals surface area contributed by atoms with Gasteiger partial charge in [-0.3, -0.25) is 10.2 Å². The van der Waals surface area contributed by atoms with Crippen LogP contribution in [0.4, 0.5) is 8.78 Å². The monoisotopic (exact) mass is 425 g/mol. The van der Waals surface area contributed by atoms with Crippen LogP contribution in [0.5, 0.6) is 0 Å². The molecule has 1 aromatic rings. The van der Waals surface area contributed by atoms with E-state index in [1.807, 2.05) is 5.01 Å². The number of rotatable bonds is 5. The highest BCUT2D eigenvalue weighted by Gasteiger charge is 2.35. The second kappa shape index (κ2) is 8.12. The van der Waals surface area contributed by atoms with Gasteiger partial charge in [0, 0.05) is 38.7 Å². The molecule has 3 unspecified atom stereocenters. The third kappa shape index (κ3) is 4.36. The first-order chi connectivity index (χ1) is 13.8. The van der Waals surface area contributed by atoms with E-state index in [-0.39, 0.29) is 31.3 Å². The number of piperidine rings is 1. The molecule has 158 valence electrons. The molecule has 0 radical (unpaired) electrons. The maximum Gasteiger partial charge on any atom is 0.245 e. The van der Waals surface area contributed by atoms with Crippen molar-refractivity contribution in [2.24, 2.45) is 17.8 Å². The van der Waals surface area contributed by atoms with E-state index in [1.54, 1.807) is 0 Å². The molecule has 0 spiro atoms. The molecule has 29 heavy (non-hydrogen) atoms. The first-order valence-electron chi connectivity index (χ1n) is 9.99. The van der Waals surface area contributed by atoms with E-state index in [9.17, 15) is 22.0 Å². The van der Waals surface area contributed by atoms with E-state index >= 15 is 0 Å². The van der Waals surface area contributed by atoms with Crippen LogP contribution >= 0.6 is 0 Å². The highest BCUT2D eigenvalue weighted by molar-refractivity contribution is 7.89. The minimum absolute atomic E-state index is 0.119. The maximum atomic E-state index is 14.0. The summed E-state index contributed by atoms with van der Waals surface area (Å²) in [6.07, 6.45) is 6.99. The largest absolute Gasteiger partial charge is 0.289 e. The van der Waals surface area contributed by atoms with E-state index in [0.717, 1.165) is 38.1 Å². The van der Waals surface area contributed by atoms with Crippen molar-refractivity contribution in [2.45, 2.75) is 30.6 Å². The van der Waals surface area contributed by atoms with Crippen LogP contribution in [0.15, 0.2) is 35.2 Å². The number of fused-ring (bicyclic) bond motifs is 1. The Morgan fingerprint density at radius 1 is 1.21 bits per heavy atom. The maximum absolute atomic E-state index is 14.0. The van der Waals surface area contributed by atoms with E-state index in [2.05, 4.69) is 17.6 Å². The first kappa shape index (κ1) is 20.4. The standard InChI is InChI=1S/C20H25F2N3O3S/c21-17-6-7-19(18(22)10-17)29(27,28)25-8-2-3-14(11-25)9-20(26)23-24-12-15-4-1-5-16(15)13-24/h1,4,6-7,10,14-16H,2-3,5,8-9,11-13H2,(H,23,26). The molecule has 0 aromatic heterocycles. The second-order valence-electron chi connectivity index (χ2n) is 8.18. The molecule has 1 aliphatic carbocycles. The molecule has 2 heterocycles. The Morgan fingerprint density at radius 2 is 2.03 bits per heavy atom. The van der Waals surface area contributed by atoms with Crippen LogP contribution < -0.4 is 5.43 Å². The molecule has 1 N–H and O–H groups in total. The van der Waals surface area contributed by atoms with Gasteiger partial charge < -0.3 is 0 Å². The summed E-state index contributed by atoms with van der Waals surface area (Å²) in [6, 6.07) is 2.46. The van der Waals surface area contributed by atoms with Crippen molar-refractivity contribution in [1.82, 2.24) is 14.7 Å². The highest BCUT2D eigenvalue weighted by Crippen LogP contribution is 2.32. The molecule has 6 nitrogen and oxygen atoms in total. The Labute approximate surface area is 169 Å². The van der Waals surface area contributed by atoms with Crippen LogP contribution in [-0.4, -0.2) is 49.8 Å². The van der Waals surface area contributed by atoms with Crippen LogP contribution in [0.25, 0.3) is 0 Å². The van der Waals surface area contributed by atoms with Crippen LogP contribution in [0.2, 0.25) is 0 Å². The van der Waals surface area contributed by atoms with Gasteiger partial charge in [0.25, 0.3) is 0 Å². The lowest BCUT2D eigenvalue weighted by Gasteiger charge is -2.32. The van der Waals surface area contributed by atoms with Crippen molar-refractivity contribution < 1.29 is 22.0 Å². The van der Waals surface area contributed by atoms with Gasteiger partial charge in [0.15, 0.2) is 0 Å². The van der Waals surface area contributed by atoms with Crippen LogP contribution in [0.3, 0.4) is 0 Å². The number of benzene rings is 1. The van der Waals surface area contributed by atoms with E-state index < -0.39 is 26.6 Å². The number of hydrogen-bond acceptors (Lipinski definition) is 4. The van der Waals surface area contributed by atoms with Crippen molar-refractivity contribution in [2.75, 3.05) is 26.2 Å².